The molecule has 0 aliphatic heterocycles. The van der Waals surface area contributed by atoms with Crippen molar-refractivity contribution >= 4 is 55.1 Å². The Morgan fingerprint density at radius 3 is 2.15 bits per heavy atom. The molecule has 6 heteroatoms. The van der Waals surface area contributed by atoms with Gasteiger partial charge in [0, 0.05) is 14.9 Å². The normalized spacial score (nSPS) is 12.5. The van der Waals surface area contributed by atoms with E-state index in [0.717, 1.165) is 5.56 Å². The molecule has 0 saturated carbocycles. The molecule has 0 spiro atoms. The fraction of sp³-hybridized carbons (Fsp3) is 0.143. The molecule has 1 atom stereocenters. The highest BCUT2D eigenvalue weighted by molar-refractivity contribution is 9.10. The smallest absolute Gasteiger partial charge is 0.131 e. The zero-order valence-electron chi connectivity index (χ0n) is 9.94. The van der Waals surface area contributed by atoms with Gasteiger partial charge in [-0.15, -0.1) is 0 Å². The third-order valence-corrected chi connectivity index (χ3v) is 4.73. The quantitative estimate of drug-likeness (QED) is 0.461. The number of alkyl halides is 1. The van der Waals surface area contributed by atoms with Crippen LogP contribution in [0.25, 0.3) is 0 Å². The van der Waals surface area contributed by atoms with Crippen LogP contribution in [-0.2, 0) is 6.42 Å². The summed E-state index contributed by atoms with van der Waals surface area (Å²) in [6.07, 6.45) is 0.395. The maximum atomic E-state index is 13.9. The maximum Gasteiger partial charge on any atom is 0.131 e. The second kappa shape index (κ2) is 6.73. The molecule has 0 saturated heterocycles. The van der Waals surface area contributed by atoms with Crippen LogP contribution in [0.5, 0.6) is 0 Å². The van der Waals surface area contributed by atoms with Gasteiger partial charge in [-0.2, -0.15) is 0 Å². The highest BCUT2D eigenvalue weighted by atomic mass is 79.9. The summed E-state index contributed by atoms with van der Waals surface area (Å²) in [7, 11) is 0. The van der Waals surface area contributed by atoms with Crippen LogP contribution in [0.2, 0.25) is 10.0 Å². The van der Waals surface area contributed by atoms with Crippen molar-refractivity contribution in [3.05, 3.63) is 67.6 Å². The molecule has 0 fully saturated rings. The Kier molecular flexibility index (Phi) is 5.46. The summed E-state index contributed by atoms with van der Waals surface area (Å²) in [5, 5.41) is 0.864. The van der Waals surface area contributed by atoms with Gasteiger partial charge in [0.1, 0.15) is 11.6 Å². The summed E-state index contributed by atoms with van der Waals surface area (Å²) in [6.45, 7) is 0. The van der Waals surface area contributed by atoms with Crippen molar-refractivity contribution < 1.29 is 8.78 Å². The summed E-state index contributed by atoms with van der Waals surface area (Å²) in [5.41, 5.74) is 0.835. The Morgan fingerprint density at radius 1 is 1.00 bits per heavy atom. The molecule has 0 nitrogen and oxygen atoms in total. The van der Waals surface area contributed by atoms with Crippen LogP contribution < -0.4 is 0 Å². The number of rotatable bonds is 3. The van der Waals surface area contributed by atoms with Gasteiger partial charge in [-0.25, -0.2) is 8.78 Å². The van der Waals surface area contributed by atoms with Gasteiger partial charge in [0.05, 0.1) is 10.0 Å². The lowest BCUT2D eigenvalue weighted by Crippen LogP contribution is -2.02. The van der Waals surface area contributed by atoms with Crippen molar-refractivity contribution in [2.24, 2.45) is 0 Å². The molecule has 0 N–H and O–H groups in total. The van der Waals surface area contributed by atoms with Crippen molar-refractivity contribution in [2.45, 2.75) is 11.2 Å². The lowest BCUT2D eigenvalue weighted by molar-refractivity contribution is 0.552. The zero-order valence-corrected chi connectivity index (χ0v) is 14.6. The molecule has 0 radical (unpaired) electrons. The van der Waals surface area contributed by atoms with E-state index >= 15 is 0 Å². The fourth-order valence-corrected chi connectivity index (χ4v) is 3.36. The molecule has 2 aromatic rings. The Balaban J connectivity index is 2.28. The van der Waals surface area contributed by atoms with Gasteiger partial charge < -0.3 is 0 Å². The SMILES string of the molecule is Fc1cc(Br)cc(F)c1C(Br)Cc1ccc(Cl)c(Cl)c1. The molecule has 2 aromatic carbocycles. The Labute approximate surface area is 142 Å². The van der Waals surface area contributed by atoms with Crippen molar-refractivity contribution in [3.63, 3.8) is 0 Å². The van der Waals surface area contributed by atoms with E-state index < -0.39 is 16.5 Å². The first-order valence-corrected chi connectivity index (χ1v) is 8.07. The van der Waals surface area contributed by atoms with Gasteiger partial charge in [0.2, 0.25) is 0 Å². The highest BCUT2D eigenvalue weighted by Gasteiger charge is 2.19. The van der Waals surface area contributed by atoms with Crippen molar-refractivity contribution in [2.75, 3.05) is 0 Å². The van der Waals surface area contributed by atoms with Gasteiger partial charge in [0.25, 0.3) is 0 Å². The second-order valence-corrected chi connectivity index (χ2v) is 7.04. The first-order valence-electron chi connectivity index (χ1n) is 5.61. The van der Waals surface area contributed by atoms with Crippen LogP contribution in [0.1, 0.15) is 16.0 Å². The van der Waals surface area contributed by atoms with E-state index in [4.69, 9.17) is 23.2 Å². The van der Waals surface area contributed by atoms with Crippen LogP contribution in [0.3, 0.4) is 0 Å². The minimum Gasteiger partial charge on any atom is -0.207 e. The van der Waals surface area contributed by atoms with Crippen molar-refractivity contribution in [3.8, 4) is 0 Å². The number of hydrogen-bond donors (Lipinski definition) is 0. The molecule has 0 heterocycles. The standard InChI is InChI=1S/C14H8Br2Cl2F2/c15-8-5-12(19)14(13(20)6-8)9(16)3-7-1-2-10(17)11(18)4-7/h1-2,4-6,9H,3H2. The van der Waals surface area contributed by atoms with E-state index in [0.29, 0.717) is 20.9 Å². The lowest BCUT2D eigenvalue weighted by Gasteiger charge is -2.13. The van der Waals surface area contributed by atoms with Gasteiger partial charge in [-0.3, -0.25) is 0 Å². The molecule has 20 heavy (non-hydrogen) atoms. The minimum absolute atomic E-state index is 0.000674. The van der Waals surface area contributed by atoms with E-state index in [1.54, 1.807) is 18.2 Å². The Bertz CT molecular complexity index is 624. The molecule has 1 unspecified atom stereocenters. The highest BCUT2D eigenvalue weighted by Crippen LogP contribution is 2.34. The summed E-state index contributed by atoms with van der Waals surface area (Å²) in [6, 6.07) is 7.60. The van der Waals surface area contributed by atoms with E-state index in [1.165, 1.54) is 12.1 Å². The molecule has 106 valence electrons. The van der Waals surface area contributed by atoms with Crippen molar-refractivity contribution in [1.29, 1.82) is 0 Å². The average molecular weight is 445 g/mol. The minimum atomic E-state index is -0.598. The molecule has 0 aliphatic carbocycles. The molecule has 0 bridgehead atoms. The number of benzene rings is 2. The topological polar surface area (TPSA) is 0 Å². The van der Waals surface area contributed by atoms with E-state index in [2.05, 4.69) is 31.9 Å². The van der Waals surface area contributed by atoms with Crippen LogP contribution >= 0.6 is 55.1 Å². The first-order chi connectivity index (χ1) is 9.38. The van der Waals surface area contributed by atoms with Crippen LogP contribution in [0, 0.1) is 11.6 Å². The monoisotopic (exact) mass is 442 g/mol. The predicted molar refractivity (Wildman–Crippen MR) is 85.9 cm³/mol. The van der Waals surface area contributed by atoms with E-state index in [1.807, 2.05) is 0 Å². The third kappa shape index (κ3) is 3.73. The predicted octanol–water partition coefficient (Wildman–Crippen LogP) is 6.71. The van der Waals surface area contributed by atoms with Crippen molar-refractivity contribution in [1.82, 2.24) is 0 Å². The van der Waals surface area contributed by atoms with Crippen LogP contribution in [0.4, 0.5) is 8.78 Å². The van der Waals surface area contributed by atoms with Gasteiger partial charge in [0.15, 0.2) is 0 Å². The van der Waals surface area contributed by atoms with E-state index in [9.17, 15) is 8.78 Å². The Morgan fingerprint density at radius 2 is 1.60 bits per heavy atom. The Hall–Kier alpha value is -0.160. The molecular weight excluding hydrogens is 437 g/mol. The number of halogens is 6. The average Bonchev–Trinajstić information content (AvgIpc) is 2.32. The molecular formula is C14H8Br2Cl2F2. The fourth-order valence-electron chi connectivity index (χ4n) is 1.83. The second-order valence-electron chi connectivity index (χ2n) is 4.20. The zero-order chi connectivity index (χ0) is 14.9. The summed E-state index contributed by atoms with van der Waals surface area (Å²) in [4.78, 5) is -0.493. The molecule has 0 aromatic heterocycles. The summed E-state index contributed by atoms with van der Waals surface area (Å²) >= 11 is 18.1. The van der Waals surface area contributed by atoms with Crippen LogP contribution in [0.15, 0.2) is 34.8 Å². The summed E-state index contributed by atoms with van der Waals surface area (Å²) < 4.78 is 28.1. The lowest BCUT2D eigenvalue weighted by atomic mass is 10.0. The van der Waals surface area contributed by atoms with E-state index in [-0.39, 0.29) is 5.56 Å². The maximum absolute atomic E-state index is 13.9. The number of hydrogen-bond acceptors (Lipinski definition) is 0. The van der Waals surface area contributed by atoms with Gasteiger partial charge in [-0.05, 0) is 36.2 Å². The van der Waals surface area contributed by atoms with Gasteiger partial charge >= 0.3 is 0 Å². The molecule has 2 rings (SSSR count). The molecule has 0 aliphatic rings. The van der Waals surface area contributed by atoms with Gasteiger partial charge in [-0.1, -0.05) is 61.1 Å². The first kappa shape index (κ1) is 16.2. The van der Waals surface area contributed by atoms with Crippen LogP contribution in [-0.4, -0.2) is 0 Å². The third-order valence-electron chi connectivity index (χ3n) is 2.76. The molecule has 0 amide bonds. The summed E-state index contributed by atoms with van der Waals surface area (Å²) in [5.74, 6) is -1.20. The largest absolute Gasteiger partial charge is 0.207 e.